The molecule has 0 radical (unpaired) electrons. The number of carbonyl (C=O) groups is 1. The molecule has 0 bridgehead atoms. The number of amides is 1. The fraction of sp³-hybridized carbons (Fsp3) is 0.944. The molecule has 1 amide bonds. The summed E-state index contributed by atoms with van der Waals surface area (Å²) in [5.41, 5.74) is 0. The molecule has 0 aliphatic carbocycles. The number of hydrogen-bond donors (Lipinski definition) is 0. The summed E-state index contributed by atoms with van der Waals surface area (Å²) in [7, 11) is 0. The van der Waals surface area contributed by atoms with Crippen LogP contribution in [0.2, 0.25) is 0 Å². The summed E-state index contributed by atoms with van der Waals surface area (Å²) < 4.78 is 5.73. The second-order valence-electron chi connectivity index (χ2n) is 7.18. The molecule has 0 spiro atoms. The van der Waals surface area contributed by atoms with Gasteiger partial charge in [-0.1, -0.05) is 26.2 Å². The van der Waals surface area contributed by atoms with Gasteiger partial charge in [0.15, 0.2) is 0 Å². The minimum Gasteiger partial charge on any atom is -0.372 e. The molecule has 0 saturated carbocycles. The summed E-state index contributed by atoms with van der Waals surface area (Å²) in [6.07, 6.45) is 7.72. The van der Waals surface area contributed by atoms with Gasteiger partial charge in [-0.3, -0.25) is 4.79 Å². The SMILES string of the molecule is CCCCCCN1CCC(C(=O)N2CC(C)OC(C)C2)CC1. The Morgan fingerprint density at radius 3 is 2.27 bits per heavy atom. The molecule has 2 unspecified atom stereocenters. The summed E-state index contributed by atoms with van der Waals surface area (Å²) >= 11 is 0. The Morgan fingerprint density at radius 1 is 1.05 bits per heavy atom. The van der Waals surface area contributed by atoms with E-state index in [1.165, 1.54) is 32.2 Å². The van der Waals surface area contributed by atoms with Crippen molar-refractivity contribution in [2.75, 3.05) is 32.7 Å². The zero-order chi connectivity index (χ0) is 15.9. The van der Waals surface area contributed by atoms with Crippen LogP contribution in [0, 0.1) is 5.92 Å². The molecule has 2 fully saturated rings. The van der Waals surface area contributed by atoms with Crippen LogP contribution in [0.3, 0.4) is 0 Å². The van der Waals surface area contributed by atoms with E-state index in [1.54, 1.807) is 0 Å². The van der Waals surface area contributed by atoms with Gasteiger partial charge in [-0.15, -0.1) is 0 Å². The molecule has 0 aromatic heterocycles. The number of nitrogens with zero attached hydrogens (tertiary/aromatic N) is 2. The van der Waals surface area contributed by atoms with Crippen molar-refractivity contribution in [1.82, 2.24) is 9.80 Å². The van der Waals surface area contributed by atoms with E-state index in [0.29, 0.717) is 5.91 Å². The molecule has 2 atom stereocenters. The summed E-state index contributed by atoms with van der Waals surface area (Å²) in [4.78, 5) is 17.3. The molecule has 128 valence electrons. The van der Waals surface area contributed by atoms with Crippen molar-refractivity contribution in [1.29, 1.82) is 0 Å². The van der Waals surface area contributed by atoms with Crippen molar-refractivity contribution in [2.45, 2.75) is 71.5 Å². The number of rotatable bonds is 6. The number of unbranched alkanes of at least 4 members (excludes halogenated alkanes) is 3. The first-order chi connectivity index (χ1) is 10.6. The minimum absolute atomic E-state index is 0.173. The maximum Gasteiger partial charge on any atom is 0.225 e. The lowest BCUT2D eigenvalue weighted by atomic mass is 9.94. The Balaban J connectivity index is 1.70. The molecule has 0 aromatic carbocycles. The normalized spacial score (nSPS) is 28.0. The standard InChI is InChI=1S/C18H34N2O2/c1-4-5-6-7-10-19-11-8-17(9-12-19)18(21)20-13-15(2)22-16(3)14-20/h15-17H,4-14H2,1-3H3. The summed E-state index contributed by atoms with van der Waals surface area (Å²) in [6.45, 7) is 11.3. The third kappa shape index (κ3) is 5.24. The van der Waals surface area contributed by atoms with Crippen LogP contribution >= 0.6 is 0 Å². The predicted octanol–water partition coefficient (Wildman–Crippen LogP) is 2.91. The Kier molecular flexibility index (Phi) is 7.16. The van der Waals surface area contributed by atoms with E-state index in [4.69, 9.17) is 4.74 Å². The maximum atomic E-state index is 12.7. The average Bonchev–Trinajstić information content (AvgIpc) is 2.50. The van der Waals surface area contributed by atoms with E-state index >= 15 is 0 Å². The van der Waals surface area contributed by atoms with Crippen molar-refractivity contribution < 1.29 is 9.53 Å². The fourth-order valence-corrected chi connectivity index (χ4v) is 3.78. The monoisotopic (exact) mass is 310 g/mol. The highest BCUT2D eigenvalue weighted by Crippen LogP contribution is 2.22. The van der Waals surface area contributed by atoms with Gasteiger partial charge in [0.1, 0.15) is 0 Å². The molecule has 2 rings (SSSR count). The number of likely N-dealkylation sites (tertiary alicyclic amines) is 1. The van der Waals surface area contributed by atoms with Crippen molar-refractivity contribution in [3.63, 3.8) is 0 Å². The average molecular weight is 310 g/mol. The molecule has 2 saturated heterocycles. The summed E-state index contributed by atoms with van der Waals surface area (Å²) in [5, 5.41) is 0. The Morgan fingerprint density at radius 2 is 1.68 bits per heavy atom. The number of piperidine rings is 1. The quantitative estimate of drug-likeness (QED) is 0.707. The number of ether oxygens (including phenoxy) is 1. The number of carbonyl (C=O) groups excluding carboxylic acids is 1. The number of hydrogen-bond acceptors (Lipinski definition) is 3. The molecule has 22 heavy (non-hydrogen) atoms. The molecular formula is C18H34N2O2. The van der Waals surface area contributed by atoms with Crippen LogP contribution in [0.15, 0.2) is 0 Å². The van der Waals surface area contributed by atoms with Crippen molar-refractivity contribution in [3.8, 4) is 0 Å². The van der Waals surface area contributed by atoms with Crippen LogP contribution in [0.4, 0.5) is 0 Å². The third-order valence-electron chi connectivity index (χ3n) is 5.00. The van der Waals surface area contributed by atoms with Crippen LogP contribution < -0.4 is 0 Å². The summed E-state index contributed by atoms with van der Waals surface area (Å²) in [6, 6.07) is 0. The fourth-order valence-electron chi connectivity index (χ4n) is 3.78. The van der Waals surface area contributed by atoms with E-state index in [1.807, 2.05) is 4.90 Å². The van der Waals surface area contributed by atoms with Gasteiger partial charge in [-0.05, 0) is 52.7 Å². The first kappa shape index (κ1) is 17.7. The van der Waals surface area contributed by atoms with Gasteiger partial charge >= 0.3 is 0 Å². The lowest BCUT2D eigenvalue weighted by Gasteiger charge is -2.39. The first-order valence-corrected chi connectivity index (χ1v) is 9.26. The largest absolute Gasteiger partial charge is 0.372 e. The second-order valence-corrected chi connectivity index (χ2v) is 7.18. The Labute approximate surface area is 136 Å². The van der Waals surface area contributed by atoms with Crippen molar-refractivity contribution in [2.24, 2.45) is 5.92 Å². The molecular weight excluding hydrogens is 276 g/mol. The zero-order valence-electron chi connectivity index (χ0n) is 14.7. The van der Waals surface area contributed by atoms with Crippen LogP contribution in [0.1, 0.15) is 59.3 Å². The topological polar surface area (TPSA) is 32.8 Å². The number of morpholine rings is 1. The van der Waals surface area contributed by atoms with Gasteiger partial charge in [0.25, 0.3) is 0 Å². The van der Waals surface area contributed by atoms with Gasteiger partial charge in [0.05, 0.1) is 12.2 Å². The van der Waals surface area contributed by atoms with Gasteiger partial charge < -0.3 is 14.5 Å². The van der Waals surface area contributed by atoms with Crippen LogP contribution in [-0.2, 0) is 9.53 Å². The summed E-state index contributed by atoms with van der Waals surface area (Å²) in [5.74, 6) is 0.608. The first-order valence-electron chi connectivity index (χ1n) is 9.26. The van der Waals surface area contributed by atoms with Crippen LogP contribution in [0.5, 0.6) is 0 Å². The zero-order valence-corrected chi connectivity index (χ0v) is 14.7. The van der Waals surface area contributed by atoms with E-state index in [-0.39, 0.29) is 18.1 Å². The highest BCUT2D eigenvalue weighted by molar-refractivity contribution is 5.79. The molecule has 4 heteroatoms. The van der Waals surface area contributed by atoms with Crippen LogP contribution in [0.25, 0.3) is 0 Å². The van der Waals surface area contributed by atoms with E-state index in [9.17, 15) is 4.79 Å². The smallest absolute Gasteiger partial charge is 0.225 e. The minimum atomic E-state index is 0.173. The highest BCUT2D eigenvalue weighted by Gasteiger charge is 2.32. The lowest BCUT2D eigenvalue weighted by Crippen LogP contribution is -2.51. The molecule has 2 aliphatic heterocycles. The Bertz CT molecular complexity index is 330. The van der Waals surface area contributed by atoms with Crippen LogP contribution in [-0.4, -0.2) is 60.6 Å². The molecule has 0 N–H and O–H groups in total. The van der Waals surface area contributed by atoms with E-state index in [2.05, 4.69) is 25.7 Å². The Hall–Kier alpha value is -0.610. The van der Waals surface area contributed by atoms with Gasteiger partial charge in [0.2, 0.25) is 5.91 Å². The van der Waals surface area contributed by atoms with E-state index < -0.39 is 0 Å². The van der Waals surface area contributed by atoms with Crippen molar-refractivity contribution >= 4 is 5.91 Å². The maximum absolute atomic E-state index is 12.7. The van der Waals surface area contributed by atoms with Crippen molar-refractivity contribution in [3.05, 3.63) is 0 Å². The molecule has 2 heterocycles. The van der Waals surface area contributed by atoms with Gasteiger partial charge in [-0.2, -0.15) is 0 Å². The van der Waals surface area contributed by atoms with Gasteiger partial charge in [-0.25, -0.2) is 0 Å². The second kappa shape index (κ2) is 8.88. The molecule has 2 aliphatic rings. The molecule has 4 nitrogen and oxygen atoms in total. The molecule has 0 aromatic rings. The van der Waals surface area contributed by atoms with Gasteiger partial charge in [0, 0.05) is 19.0 Å². The lowest BCUT2D eigenvalue weighted by molar-refractivity contribution is -0.148. The van der Waals surface area contributed by atoms with E-state index in [0.717, 1.165) is 39.0 Å². The highest BCUT2D eigenvalue weighted by atomic mass is 16.5. The predicted molar refractivity (Wildman–Crippen MR) is 89.9 cm³/mol. The third-order valence-corrected chi connectivity index (χ3v) is 5.00.